The van der Waals surface area contributed by atoms with Crippen molar-refractivity contribution in [3.8, 4) is 0 Å². The van der Waals surface area contributed by atoms with Crippen LogP contribution in [0.25, 0.3) is 0 Å². The van der Waals surface area contributed by atoms with Crippen molar-refractivity contribution >= 4 is 34.2 Å². The number of aromatic nitrogens is 1. The number of ether oxygens (including phenoxy) is 1. The van der Waals surface area contributed by atoms with Crippen molar-refractivity contribution in [3.63, 3.8) is 0 Å². The standard InChI is InChI=1S/C11H16N2O2S2/c1-3-15-10(14)9-8(2)17-11(12-9)13-4-6-16-7-5-13/h3-7H2,1-2H3. The Morgan fingerprint density at radius 1 is 1.47 bits per heavy atom. The highest BCUT2D eigenvalue weighted by atomic mass is 32.2. The Bertz CT molecular complexity index is 400. The van der Waals surface area contributed by atoms with Gasteiger partial charge in [0.25, 0.3) is 0 Å². The topological polar surface area (TPSA) is 42.4 Å². The normalized spacial score (nSPS) is 16.0. The van der Waals surface area contributed by atoms with Gasteiger partial charge in [0, 0.05) is 29.5 Å². The van der Waals surface area contributed by atoms with E-state index < -0.39 is 0 Å². The zero-order valence-electron chi connectivity index (χ0n) is 10.1. The van der Waals surface area contributed by atoms with Gasteiger partial charge in [-0.3, -0.25) is 0 Å². The number of thiazole rings is 1. The van der Waals surface area contributed by atoms with E-state index in [2.05, 4.69) is 9.88 Å². The Kier molecular flexibility index (Phi) is 4.28. The molecule has 17 heavy (non-hydrogen) atoms. The van der Waals surface area contributed by atoms with Crippen LogP contribution in [0.15, 0.2) is 0 Å². The van der Waals surface area contributed by atoms with Crippen LogP contribution < -0.4 is 4.90 Å². The number of hydrogen-bond acceptors (Lipinski definition) is 6. The first-order valence-electron chi connectivity index (χ1n) is 5.69. The van der Waals surface area contributed by atoms with Crippen LogP contribution >= 0.6 is 23.1 Å². The first-order valence-corrected chi connectivity index (χ1v) is 7.66. The van der Waals surface area contributed by atoms with Crippen molar-refractivity contribution in [2.24, 2.45) is 0 Å². The molecule has 0 atom stereocenters. The molecule has 0 aliphatic carbocycles. The van der Waals surface area contributed by atoms with Crippen molar-refractivity contribution < 1.29 is 9.53 Å². The van der Waals surface area contributed by atoms with Gasteiger partial charge in [-0.15, -0.1) is 11.3 Å². The minimum absolute atomic E-state index is 0.307. The van der Waals surface area contributed by atoms with E-state index in [9.17, 15) is 4.79 Å². The minimum Gasteiger partial charge on any atom is -0.461 e. The van der Waals surface area contributed by atoms with E-state index in [1.54, 1.807) is 11.3 Å². The van der Waals surface area contributed by atoms with Crippen LogP contribution in [0.4, 0.5) is 5.13 Å². The van der Waals surface area contributed by atoms with E-state index >= 15 is 0 Å². The summed E-state index contributed by atoms with van der Waals surface area (Å²) < 4.78 is 4.99. The van der Waals surface area contributed by atoms with Crippen LogP contribution in [0.3, 0.4) is 0 Å². The van der Waals surface area contributed by atoms with Crippen molar-refractivity contribution in [2.45, 2.75) is 13.8 Å². The number of nitrogens with zero attached hydrogens (tertiary/aromatic N) is 2. The van der Waals surface area contributed by atoms with Crippen molar-refractivity contribution in [1.82, 2.24) is 4.98 Å². The number of rotatable bonds is 3. The first-order chi connectivity index (χ1) is 8.22. The van der Waals surface area contributed by atoms with Crippen molar-refractivity contribution in [1.29, 1.82) is 0 Å². The smallest absolute Gasteiger partial charge is 0.358 e. The molecule has 94 valence electrons. The molecule has 2 heterocycles. The number of esters is 1. The molecule has 0 amide bonds. The largest absolute Gasteiger partial charge is 0.461 e. The van der Waals surface area contributed by atoms with Crippen LogP contribution in [0, 0.1) is 6.92 Å². The van der Waals surface area contributed by atoms with Gasteiger partial charge in [0.1, 0.15) is 0 Å². The van der Waals surface area contributed by atoms with Gasteiger partial charge < -0.3 is 9.64 Å². The third kappa shape index (κ3) is 2.93. The SMILES string of the molecule is CCOC(=O)c1nc(N2CCSCC2)sc1C. The van der Waals surface area contributed by atoms with Gasteiger partial charge in [-0.2, -0.15) is 11.8 Å². The Morgan fingerprint density at radius 2 is 2.18 bits per heavy atom. The molecule has 0 saturated carbocycles. The van der Waals surface area contributed by atoms with Gasteiger partial charge in [-0.05, 0) is 13.8 Å². The van der Waals surface area contributed by atoms with Crippen LogP contribution in [-0.4, -0.2) is 42.2 Å². The second-order valence-corrected chi connectivity index (χ2v) is 6.13. The average molecular weight is 272 g/mol. The number of carbonyl (C=O) groups excluding carboxylic acids is 1. The molecule has 6 heteroatoms. The summed E-state index contributed by atoms with van der Waals surface area (Å²) in [6.45, 7) is 6.15. The fraction of sp³-hybridized carbons (Fsp3) is 0.636. The lowest BCUT2D eigenvalue weighted by atomic mass is 10.4. The average Bonchev–Trinajstić information content (AvgIpc) is 2.73. The highest BCUT2D eigenvalue weighted by Gasteiger charge is 2.20. The molecule has 0 radical (unpaired) electrons. The summed E-state index contributed by atoms with van der Waals surface area (Å²) in [6, 6.07) is 0. The third-order valence-corrected chi connectivity index (χ3v) is 4.51. The van der Waals surface area contributed by atoms with E-state index in [1.807, 2.05) is 25.6 Å². The Hall–Kier alpha value is -0.750. The quantitative estimate of drug-likeness (QED) is 0.789. The third-order valence-electron chi connectivity index (χ3n) is 2.54. The number of thioether (sulfide) groups is 1. The molecule has 1 aromatic heterocycles. The fourth-order valence-corrected chi connectivity index (χ4v) is 3.51. The molecule has 1 saturated heterocycles. The number of anilines is 1. The zero-order chi connectivity index (χ0) is 12.3. The maximum absolute atomic E-state index is 11.7. The summed E-state index contributed by atoms with van der Waals surface area (Å²) in [4.78, 5) is 19.3. The Labute approximate surface area is 109 Å². The summed E-state index contributed by atoms with van der Waals surface area (Å²) in [7, 11) is 0. The predicted octanol–water partition coefficient (Wildman–Crippen LogP) is 2.18. The summed E-state index contributed by atoms with van der Waals surface area (Å²) in [6.07, 6.45) is 0. The number of aryl methyl sites for hydroxylation is 1. The summed E-state index contributed by atoms with van der Waals surface area (Å²) in [5, 5.41) is 0.950. The molecule has 1 aromatic rings. The summed E-state index contributed by atoms with van der Waals surface area (Å²) in [5.41, 5.74) is 0.477. The molecule has 0 spiro atoms. The van der Waals surface area contributed by atoms with Gasteiger partial charge in [0.15, 0.2) is 10.8 Å². The summed E-state index contributed by atoms with van der Waals surface area (Å²) >= 11 is 3.54. The minimum atomic E-state index is -0.307. The van der Waals surface area contributed by atoms with E-state index in [0.29, 0.717) is 12.3 Å². The fourth-order valence-electron chi connectivity index (χ4n) is 1.66. The molecule has 0 bridgehead atoms. The molecule has 0 aromatic carbocycles. The Balaban J connectivity index is 2.14. The Morgan fingerprint density at radius 3 is 2.82 bits per heavy atom. The van der Waals surface area contributed by atoms with Gasteiger partial charge in [0.2, 0.25) is 0 Å². The second kappa shape index (κ2) is 5.73. The number of hydrogen-bond donors (Lipinski definition) is 0. The predicted molar refractivity (Wildman–Crippen MR) is 72.3 cm³/mol. The van der Waals surface area contributed by atoms with Crippen LogP contribution in [0.2, 0.25) is 0 Å². The van der Waals surface area contributed by atoms with Crippen molar-refractivity contribution in [3.05, 3.63) is 10.6 Å². The van der Waals surface area contributed by atoms with Gasteiger partial charge in [-0.1, -0.05) is 0 Å². The van der Waals surface area contributed by atoms with E-state index in [0.717, 1.165) is 34.6 Å². The molecule has 2 rings (SSSR count). The molecule has 1 fully saturated rings. The van der Waals surface area contributed by atoms with Gasteiger partial charge in [0.05, 0.1) is 6.61 Å². The van der Waals surface area contributed by atoms with Crippen LogP contribution in [-0.2, 0) is 4.74 Å². The monoisotopic (exact) mass is 272 g/mol. The molecule has 1 aliphatic heterocycles. The maximum atomic E-state index is 11.7. The maximum Gasteiger partial charge on any atom is 0.358 e. The van der Waals surface area contributed by atoms with Crippen LogP contribution in [0.1, 0.15) is 22.3 Å². The van der Waals surface area contributed by atoms with Gasteiger partial charge in [-0.25, -0.2) is 9.78 Å². The second-order valence-electron chi connectivity index (χ2n) is 3.72. The zero-order valence-corrected chi connectivity index (χ0v) is 11.7. The van der Waals surface area contributed by atoms with Gasteiger partial charge >= 0.3 is 5.97 Å². The molecular weight excluding hydrogens is 256 g/mol. The lowest BCUT2D eigenvalue weighted by molar-refractivity contribution is 0.0519. The molecule has 0 unspecified atom stereocenters. The van der Waals surface area contributed by atoms with E-state index in [4.69, 9.17) is 4.74 Å². The van der Waals surface area contributed by atoms with E-state index in [1.165, 1.54) is 0 Å². The molecule has 0 N–H and O–H groups in total. The highest BCUT2D eigenvalue weighted by Crippen LogP contribution is 2.28. The van der Waals surface area contributed by atoms with E-state index in [-0.39, 0.29) is 5.97 Å². The lowest BCUT2D eigenvalue weighted by Gasteiger charge is -2.25. The highest BCUT2D eigenvalue weighted by molar-refractivity contribution is 7.99. The van der Waals surface area contributed by atoms with Crippen LogP contribution in [0.5, 0.6) is 0 Å². The first kappa shape index (κ1) is 12.7. The molecular formula is C11H16N2O2S2. The van der Waals surface area contributed by atoms with Crippen molar-refractivity contribution in [2.75, 3.05) is 36.1 Å². The molecule has 4 nitrogen and oxygen atoms in total. The lowest BCUT2D eigenvalue weighted by Crippen LogP contribution is -2.32. The summed E-state index contributed by atoms with van der Waals surface area (Å²) in [5.74, 6) is 1.96. The molecule has 1 aliphatic rings. The number of carbonyl (C=O) groups is 1.